The SMILES string of the molecule is CCOC(=O)CN(C)C(=O)[C@H](CN(C)C(=O)OC1=CCC2(O)[C@H]3Cc4ccc(OC)c5c4[C@@]2(CCN3C)C1O5)NC(=O)[C@H](CCCN=C(N)N)NC(C)=O. The van der Waals surface area contributed by atoms with Gasteiger partial charge in [0.1, 0.15) is 24.4 Å². The van der Waals surface area contributed by atoms with Gasteiger partial charge in [0.15, 0.2) is 23.6 Å². The molecule has 0 aromatic heterocycles. The van der Waals surface area contributed by atoms with Gasteiger partial charge in [0.25, 0.3) is 0 Å². The average Bonchev–Trinajstić information content (AvgIpc) is 3.47. The standard InChI is InChI=1S/C36H52N8O10/c1-7-52-27(46)19-43(4)32(48)23(41-31(47)22(40-20(2)45)9-8-15-39-33(37)38)18-44(5)34(49)53-25-12-13-36(50)26-17-21-10-11-24(51-6)29-28(21)35(36,30(25)54-29)14-16-42(26)3/h10-12,22-23,26,30,50H,7-9,13-19H2,1-6H3,(H,40,45)(H,41,47)(H4,37,38,39)/t22-,23-,26+,30?,35-,36?/m0/s1. The zero-order valence-electron chi connectivity index (χ0n) is 31.7. The fourth-order valence-corrected chi connectivity index (χ4v) is 8.33. The molecule has 2 aliphatic carbocycles. The molecule has 4 aliphatic rings. The summed E-state index contributed by atoms with van der Waals surface area (Å²) < 4.78 is 23.3. The number of methoxy groups -OCH3 is 1. The smallest absolute Gasteiger partial charge is 0.414 e. The Bertz CT molecular complexity index is 1720. The third-order valence-corrected chi connectivity index (χ3v) is 10.8. The van der Waals surface area contributed by atoms with E-state index in [1.165, 1.54) is 21.0 Å². The van der Waals surface area contributed by atoms with Crippen LogP contribution in [0.15, 0.2) is 29.0 Å². The van der Waals surface area contributed by atoms with Crippen molar-refractivity contribution in [3.8, 4) is 11.5 Å². The van der Waals surface area contributed by atoms with Crippen LogP contribution in [0.2, 0.25) is 0 Å². The highest BCUT2D eigenvalue weighted by Gasteiger charge is 2.72. The number of nitrogens with zero attached hydrogens (tertiary/aromatic N) is 4. The van der Waals surface area contributed by atoms with Gasteiger partial charge in [0, 0.05) is 45.6 Å². The number of nitrogens with two attached hydrogens (primary N) is 2. The van der Waals surface area contributed by atoms with E-state index < -0.39 is 65.5 Å². The quantitative estimate of drug-likeness (QED) is 0.0632. The van der Waals surface area contributed by atoms with Gasteiger partial charge in [-0.1, -0.05) is 6.07 Å². The van der Waals surface area contributed by atoms with Crippen LogP contribution in [0.3, 0.4) is 0 Å². The molecule has 54 heavy (non-hydrogen) atoms. The van der Waals surface area contributed by atoms with Gasteiger partial charge in [0.05, 0.1) is 31.3 Å². The first-order valence-electron chi connectivity index (χ1n) is 18.0. The Balaban J connectivity index is 1.37. The first-order chi connectivity index (χ1) is 25.6. The van der Waals surface area contributed by atoms with E-state index in [2.05, 4.69) is 20.5 Å². The second-order valence-corrected chi connectivity index (χ2v) is 14.3. The Labute approximate surface area is 314 Å². The Kier molecular flexibility index (Phi) is 12.0. The number of amides is 4. The number of nitrogens with one attached hydrogen (secondary N) is 2. The number of aliphatic hydroxyl groups is 1. The van der Waals surface area contributed by atoms with Gasteiger partial charge >= 0.3 is 12.1 Å². The predicted molar refractivity (Wildman–Crippen MR) is 194 cm³/mol. The number of hydrogen-bond acceptors (Lipinski definition) is 12. The number of piperidine rings is 1. The second-order valence-electron chi connectivity index (χ2n) is 14.3. The van der Waals surface area contributed by atoms with Gasteiger partial charge in [0.2, 0.25) is 17.7 Å². The normalized spacial score (nSPS) is 24.3. The van der Waals surface area contributed by atoms with Crippen molar-refractivity contribution >= 4 is 35.7 Å². The molecule has 7 N–H and O–H groups in total. The minimum atomic E-state index is -1.38. The number of aliphatic imine (C=N–C) groups is 1. The van der Waals surface area contributed by atoms with E-state index in [0.717, 1.165) is 20.9 Å². The van der Waals surface area contributed by atoms with Gasteiger partial charge in [-0.2, -0.15) is 0 Å². The Hall–Kier alpha value is -5.10. The molecule has 4 amide bonds. The molecule has 1 spiro atoms. The first-order valence-corrected chi connectivity index (χ1v) is 18.0. The van der Waals surface area contributed by atoms with Crippen molar-refractivity contribution in [3.63, 3.8) is 0 Å². The van der Waals surface area contributed by atoms with Crippen molar-refractivity contribution in [2.24, 2.45) is 16.5 Å². The third-order valence-electron chi connectivity index (χ3n) is 10.8. The van der Waals surface area contributed by atoms with Crippen molar-refractivity contribution in [2.75, 3.05) is 61.0 Å². The molecule has 2 bridgehead atoms. The highest BCUT2D eigenvalue weighted by molar-refractivity contribution is 5.93. The van der Waals surface area contributed by atoms with Gasteiger partial charge in [-0.25, -0.2) is 4.79 Å². The van der Waals surface area contributed by atoms with Crippen LogP contribution < -0.4 is 31.6 Å². The molecule has 0 radical (unpaired) electrons. The second kappa shape index (κ2) is 16.1. The summed E-state index contributed by atoms with van der Waals surface area (Å²) in [4.78, 5) is 73.7. The maximum absolute atomic E-state index is 13.9. The van der Waals surface area contributed by atoms with E-state index in [1.54, 1.807) is 20.1 Å². The van der Waals surface area contributed by atoms with Gasteiger partial charge < -0.3 is 60.9 Å². The number of ether oxygens (including phenoxy) is 4. The summed E-state index contributed by atoms with van der Waals surface area (Å²) in [7, 11) is 6.30. The largest absolute Gasteiger partial charge is 0.493 e. The zero-order valence-corrected chi connectivity index (χ0v) is 31.7. The van der Waals surface area contributed by atoms with Gasteiger partial charge in [-0.3, -0.25) is 24.2 Å². The summed E-state index contributed by atoms with van der Waals surface area (Å²) in [5.74, 6) is -1.44. The van der Waals surface area contributed by atoms with Crippen LogP contribution in [-0.2, 0) is 40.5 Å². The Morgan fingerprint density at radius 1 is 1.15 bits per heavy atom. The number of esters is 1. The minimum Gasteiger partial charge on any atom is -0.493 e. The van der Waals surface area contributed by atoms with E-state index in [1.807, 2.05) is 19.2 Å². The van der Waals surface area contributed by atoms with Crippen LogP contribution in [0.1, 0.15) is 50.7 Å². The van der Waals surface area contributed by atoms with Crippen molar-refractivity contribution in [2.45, 2.75) is 81.2 Å². The summed E-state index contributed by atoms with van der Waals surface area (Å²) in [6.07, 6.45) is 1.80. The molecule has 6 atom stereocenters. The van der Waals surface area contributed by atoms with E-state index in [0.29, 0.717) is 37.3 Å². The lowest BCUT2D eigenvalue weighted by atomic mass is 9.50. The van der Waals surface area contributed by atoms with Crippen LogP contribution in [0.4, 0.5) is 4.79 Å². The fraction of sp³-hybridized carbons (Fsp3) is 0.611. The first kappa shape index (κ1) is 40.1. The molecule has 2 unspecified atom stereocenters. The van der Waals surface area contributed by atoms with Crippen LogP contribution in [-0.4, -0.2) is 146 Å². The molecule has 296 valence electrons. The summed E-state index contributed by atoms with van der Waals surface area (Å²) in [5.41, 5.74) is 10.6. The van der Waals surface area contributed by atoms with E-state index in [-0.39, 0.29) is 50.3 Å². The summed E-state index contributed by atoms with van der Waals surface area (Å²) in [5, 5.41) is 17.7. The number of rotatable bonds is 15. The summed E-state index contributed by atoms with van der Waals surface area (Å²) >= 11 is 0. The number of benzene rings is 1. The number of carbonyl (C=O) groups is 5. The predicted octanol–water partition coefficient (Wildman–Crippen LogP) is -0.894. The summed E-state index contributed by atoms with van der Waals surface area (Å²) in [6, 6.07) is 1.20. The van der Waals surface area contributed by atoms with Crippen LogP contribution in [0, 0.1) is 0 Å². The van der Waals surface area contributed by atoms with Crippen molar-refractivity contribution < 1.29 is 48.0 Å². The molecular weight excluding hydrogens is 704 g/mol. The molecule has 2 aliphatic heterocycles. The molecule has 1 fully saturated rings. The highest BCUT2D eigenvalue weighted by atomic mass is 16.6. The van der Waals surface area contributed by atoms with E-state index in [9.17, 15) is 29.1 Å². The lowest BCUT2D eigenvalue weighted by molar-refractivity contribution is -0.163. The van der Waals surface area contributed by atoms with Crippen molar-refractivity contribution in [1.82, 2.24) is 25.3 Å². The van der Waals surface area contributed by atoms with Gasteiger partial charge in [-0.05, 0) is 63.9 Å². The van der Waals surface area contributed by atoms with E-state index >= 15 is 0 Å². The van der Waals surface area contributed by atoms with Crippen molar-refractivity contribution in [1.29, 1.82) is 0 Å². The molecule has 5 rings (SSSR count). The molecule has 1 saturated heterocycles. The van der Waals surface area contributed by atoms with Crippen molar-refractivity contribution in [3.05, 3.63) is 35.1 Å². The topological polar surface area (TPSA) is 241 Å². The van der Waals surface area contributed by atoms with Crippen LogP contribution in [0.5, 0.6) is 11.5 Å². The average molecular weight is 757 g/mol. The third kappa shape index (κ3) is 7.48. The maximum Gasteiger partial charge on any atom is 0.414 e. The van der Waals surface area contributed by atoms with Gasteiger partial charge in [-0.15, -0.1) is 0 Å². The number of likely N-dealkylation sites (tertiary alicyclic amines) is 1. The number of likely N-dealkylation sites (N-methyl/N-ethyl adjacent to an activating group) is 3. The van der Waals surface area contributed by atoms with E-state index in [4.69, 9.17) is 30.4 Å². The number of hydrogen-bond donors (Lipinski definition) is 5. The highest BCUT2D eigenvalue weighted by Crippen LogP contribution is 2.65. The maximum atomic E-state index is 13.9. The minimum absolute atomic E-state index is 0.101. The lowest BCUT2D eigenvalue weighted by Crippen LogP contribution is -2.74. The molecule has 2 heterocycles. The van der Waals surface area contributed by atoms with Crippen LogP contribution in [0.25, 0.3) is 0 Å². The molecule has 1 aromatic carbocycles. The molecule has 18 heteroatoms. The molecule has 0 saturated carbocycles. The zero-order chi connectivity index (χ0) is 39.5. The Morgan fingerprint density at radius 3 is 2.56 bits per heavy atom. The monoisotopic (exact) mass is 756 g/mol. The number of guanidine groups is 1. The fourth-order valence-electron chi connectivity index (χ4n) is 8.33. The molecule has 1 aromatic rings. The Morgan fingerprint density at radius 2 is 1.89 bits per heavy atom. The lowest BCUT2D eigenvalue weighted by Gasteiger charge is -2.61. The van der Waals surface area contributed by atoms with Crippen LogP contribution >= 0.6 is 0 Å². The molecule has 18 nitrogen and oxygen atoms in total. The summed E-state index contributed by atoms with van der Waals surface area (Å²) in [6.45, 7) is 3.06. The molecular formula is C36H52N8O10. The number of carbonyl (C=O) groups excluding carboxylic acids is 5.